The van der Waals surface area contributed by atoms with E-state index in [2.05, 4.69) is 0 Å². The van der Waals surface area contributed by atoms with Gasteiger partial charge in [0.1, 0.15) is 0 Å². The first kappa shape index (κ1) is 13.6. The van der Waals surface area contributed by atoms with Gasteiger partial charge in [0.05, 0.1) is 19.3 Å². The van der Waals surface area contributed by atoms with Crippen molar-refractivity contribution in [1.29, 1.82) is 0 Å². The van der Waals surface area contributed by atoms with E-state index in [1.807, 2.05) is 6.07 Å². The number of hydrogen-bond donors (Lipinski definition) is 2. The molecule has 1 aromatic rings. The third-order valence-corrected chi connectivity index (χ3v) is 3.10. The monoisotopic (exact) mass is 250 g/mol. The maximum atomic E-state index is 9.07. The molecule has 0 saturated carbocycles. The minimum Gasteiger partial charge on any atom is -0.423 e. The fourth-order valence-corrected chi connectivity index (χ4v) is 2.09. The molecule has 1 aliphatic rings. The van der Waals surface area contributed by atoms with E-state index in [1.54, 1.807) is 18.2 Å². The molecule has 1 atom stereocenters. The molecule has 0 bridgehead atoms. The van der Waals surface area contributed by atoms with Crippen LogP contribution in [0.15, 0.2) is 24.3 Å². The van der Waals surface area contributed by atoms with Gasteiger partial charge in [-0.2, -0.15) is 0 Å². The van der Waals surface area contributed by atoms with Gasteiger partial charge in [-0.1, -0.05) is 24.3 Å². The Bertz CT molecular complexity index is 364. The summed E-state index contributed by atoms with van der Waals surface area (Å²) in [7, 11) is -1.42. The molecule has 1 aromatic carbocycles. The Balaban J connectivity index is 1.77. The fraction of sp³-hybridized carbons (Fsp3) is 0.538. The van der Waals surface area contributed by atoms with Gasteiger partial charge in [-0.25, -0.2) is 0 Å². The molecule has 1 heterocycles. The summed E-state index contributed by atoms with van der Waals surface area (Å²) >= 11 is 0. The van der Waals surface area contributed by atoms with Crippen LogP contribution in [0.2, 0.25) is 0 Å². The van der Waals surface area contributed by atoms with Crippen LogP contribution in [-0.2, 0) is 16.1 Å². The van der Waals surface area contributed by atoms with E-state index < -0.39 is 7.12 Å². The summed E-state index contributed by atoms with van der Waals surface area (Å²) in [6.45, 7) is 1.91. The summed E-state index contributed by atoms with van der Waals surface area (Å²) in [5, 5.41) is 18.1. The summed E-state index contributed by atoms with van der Waals surface area (Å²) in [4.78, 5) is 0. The van der Waals surface area contributed by atoms with Gasteiger partial charge in [-0.05, 0) is 30.3 Å². The molecular weight excluding hydrogens is 231 g/mol. The molecule has 18 heavy (non-hydrogen) atoms. The van der Waals surface area contributed by atoms with E-state index in [-0.39, 0.29) is 6.10 Å². The minimum absolute atomic E-state index is 0.213. The number of rotatable bonds is 5. The van der Waals surface area contributed by atoms with Crippen molar-refractivity contribution in [2.45, 2.75) is 32.0 Å². The van der Waals surface area contributed by atoms with E-state index in [4.69, 9.17) is 19.5 Å². The van der Waals surface area contributed by atoms with Crippen LogP contribution >= 0.6 is 0 Å². The normalized spacial score (nSPS) is 19.8. The van der Waals surface area contributed by atoms with E-state index >= 15 is 0 Å². The second-order valence-corrected chi connectivity index (χ2v) is 4.62. The molecule has 2 N–H and O–H groups in total. The Hall–Kier alpha value is -0.875. The number of ether oxygens (including phenoxy) is 2. The van der Waals surface area contributed by atoms with Crippen molar-refractivity contribution < 1.29 is 19.5 Å². The molecule has 5 heteroatoms. The first-order valence-electron chi connectivity index (χ1n) is 6.40. The van der Waals surface area contributed by atoms with E-state index in [9.17, 15) is 0 Å². The largest absolute Gasteiger partial charge is 0.488 e. The zero-order valence-electron chi connectivity index (χ0n) is 10.4. The van der Waals surface area contributed by atoms with Gasteiger partial charge in [0, 0.05) is 6.61 Å². The van der Waals surface area contributed by atoms with Crippen LogP contribution in [0.5, 0.6) is 0 Å². The summed E-state index contributed by atoms with van der Waals surface area (Å²) in [6.07, 6.45) is 3.63. The van der Waals surface area contributed by atoms with Crippen LogP contribution in [0, 0.1) is 0 Å². The van der Waals surface area contributed by atoms with Crippen LogP contribution in [0.25, 0.3) is 0 Å². The highest BCUT2D eigenvalue weighted by Gasteiger charge is 2.14. The molecule has 2 rings (SSSR count). The predicted molar refractivity (Wildman–Crippen MR) is 69.5 cm³/mol. The Kier molecular flexibility index (Phi) is 5.19. The Morgan fingerprint density at radius 1 is 1.33 bits per heavy atom. The van der Waals surface area contributed by atoms with E-state index in [0.29, 0.717) is 18.7 Å². The Labute approximate surface area is 108 Å². The summed E-state index contributed by atoms with van der Waals surface area (Å²) in [6, 6.07) is 7.13. The smallest absolute Gasteiger partial charge is 0.423 e. The van der Waals surface area contributed by atoms with Crippen molar-refractivity contribution in [2.75, 3.05) is 13.2 Å². The SMILES string of the molecule is OB(O)c1cccc(COCC2CCCCO2)c1. The Morgan fingerprint density at radius 2 is 2.22 bits per heavy atom. The van der Waals surface area contributed by atoms with Gasteiger partial charge in [0.2, 0.25) is 0 Å². The van der Waals surface area contributed by atoms with Crippen LogP contribution in [0.1, 0.15) is 24.8 Å². The molecule has 1 unspecified atom stereocenters. The standard InChI is InChI=1S/C13H19BO4/c15-14(16)12-5-3-4-11(8-12)9-17-10-13-6-1-2-7-18-13/h3-5,8,13,15-16H,1-2,6-7,9-10H2. The molecule has 1 fully saturated rings. The van der Waals surface area contributed by atoms with Crippen molar-refractivity contribution in [3.05, 3.63) is 29.8 Å². The van der Waals surface area contributed by atoms with Gasteiger partial charge in [0.25, 0.3) is 0 Å². The molecule has 0 radical (unpaired) electrons. The molecule has 0 spiro atoms. The van der Waals surface area contributed by atoms with Gasteiger partial charge < -0.3 is 19.5 Å². The molecule has 0 aromatic heterocycles. The zero-order chi connectivity index (χ0) is 12.8. The second kappa shape index (κ2) is 6.90. The van der Waals surface area contributed by atoms with Crippen molar-refractivity contribution in [3.8, 4) is 0 Å². The topological polar surface area (TPSA) is 58.9 Å². The van der Waals surface area contributed by atoms with E-state index in [1.165, 1.54) is 6.42 Å². The van der Waals surface area contributed by atoms with Crippen LogP contribution in [0.4, 0.5) is 0 Å². The fourth-order valence-electron chi connectivity index (χ4n) is 2.09. The molecule has 1 aliphatic heterocycles. The third kappa shape index (κ3) is 4.10. The highest BCUT2D eigenvalue weighted by molar-refractivity contribution is 6.58. The van der Waals surface area contributed by atoms with Crippen LogP contribution in [0.3, 0.4) is 0 Å². The predicted octanol–water partition coefficient (Wildman–Crippen LogP) is 0.452. The van der Waals surface area contributed by atoms with Gasteiger partial charge in [-0.3, -0.25) is 0 Å². The lowest BCUT2D eigenvalue weighted by Crippen LogP contribution is -2.30. The number of hydrogen-bond acceptors (Lipinski definition) is 4. The minimum atomic E-state index is -1.42. The average molecular weight is 250 g/mol. The molecule has 1 saturated heterocycles. The van der Waals surface area contributed by atoms with Gasteiger partial charge in [0.15, 0.2) is 0 Å². The Morgan fingerprint density at radius 3 is 2.94 bits per heavy atom. The van der Waals surface area contributed by atoms with Crippen molar-refractivity contribution in [2.24, 2.45) is 0 Å². The first-order chi connectivity index (χ1) is 8.75. The van der Waals surface area contributed by atoms with Crippen molar-refractivity contribution in [3.63, 3.8) is 0 Å². The van der Waals surface area contributed by atoms with Gasteiger partial charge >= 0.3 is 7.12 Å². The molecule has 0 amide bonds. The molecular formula is C13H19BO4. The lowest BCUT2D eigenvalue weighted by Gasteiger charge is -2.22. The maximum Gasteiger partial charge on any atom is 0.488 e. The highest BCUT2D eigenvalue weighted by Crippen LogP contribution is 2.13. The lowest BCUT2D eigenvalue weighted by molar-refractivity contribution is -0.0447. The van der Waals surface area contributed by atoms with Crippen molar-refractivity contribution >= 4 is 12.6 Å². The highest BCUT2D eigenvalue weighted by atomic mass is 16.5. The van der Waals surface area contributed by atoms with Crippen molar-refractivity contribution in [1.82, 2.24) is 0 Å². The maximum absolute atomic E-state index is 9.07. The van der Waals surface area contributed by atoms with E-state index in [0.717, 1.165) is 25.0 Å². The number of benzene rings is 1. The summed E-state index contributed by atoms with van der Waals surface area (Å²) < 4.78 is 11.2. The van der Waals surface area contributed by atoms with Crippen LogP contribution < -0.4 is 5.46 Å². The average Bonchev–Trinajstić information content (AvgIpc) is 2.40. The zero-order valence-corrected chi connectivity index (χ0v) is 10.4. The first-order valence-corrected chi connectivity index (χ1v) is 6.40. The third-order valence-electron chi connectivity index (χ3n) is 3.10. The quantitative estimate of drug-likeness (QED) is 0.745. The molecule has 98 valence electrons. The second-order valence-electron chi connectivity index (χ2n) is 4.62. The van der Waals surface area contributed by atoms with Crippen LogP contribution in [-0.4, -0.2) is 36.5 Å². The summed E-state index contributed by atoms with van der Waals surface area (Å²) in [5.74, 6) is 0. The molecule has 0 aliphatic carbocycles. The molecule has 4 nitrogen and oxygen atoms in total. The lowest BCUT2D eigenvalue weighted by atomic mass is 9.80. The summed E-state index contributed by atoms with van der Waals surface area (Å²) in [5.41, 5.74) is 1.43. The van der Waals surface area contributed by atoms with Gasteiger partial charge in [-0.15, -0.1) is 0 Å².